The van der Waals surface area contributed by atoms with Crippen molar-refractivity contribution < 1.29 is 19.5 Å². The smallest absolute Gasteiger partial charge is 0.405 e. The normalized spacial score (nSPS) is 18.7. The van der Waals surface area contributed by atoms with Crippen LogP contribution < -0.4 is 16.0 Å². The van der Waals surface area contributed by atoms with E-state index in [1.54, 1.807) is 0 Å². The number of benzene rings is 1. The Hall–Kier alpha value is -2.57. The number of nitrogens with one attached hydrogen (secondary N) is 3. The second kappa shape index (κ2) is 6.25. The van der Waals surface area contributed by atoms with Gasteiger partial charge in [-0.1, -0.05) is 18.2 Å². The van der Waals surface area contributed by atoms with Gasteiger partial charge in [0, 0.05) is 5.69 Å². The van der Waals surface area contributed by atoms with Crippen LogP contribution in [0.4, 0.5) is 10.5 Å². The molecule has 7 heteroatoms. The van der Waals surface area contributed by atoms with Gasteiger partial charge in [-0.05, 0) is 31.4 Å². The molecule has 1 aromatic carbocycles. The minimum atomic E-state index is -1.28. The van der Waals surface area contributed by atoms with Crippen molar-refractivity contribution >= 4 is 23.6 Å². The molecule has 0 radical (unpaired) electrons. The summed E-state index contributed by atoms with van der Waals surface area (Å²) in [4.78, 5) is 34.5. The van der Waals surface area contributed by atoms with Gasteiger partial charge in [0.15, 0.2) is 0 Å². The van der Waals surface area contributed by atoms with Gasteiger partial charge in [0.25, 0.3) is 0 Å². The molecule has 0 fully saturated rings. The molecule has 0 aliphatic carbocycles. The fourth-order valence-corrected chi connectivity index (χ4v) is 2.20. The van der Waals surface area contributed by atoms with Crippen LogP contribution in [-0.2, 0) is 16.0 Å². The molecule has 1 aromatic rings. The van der Waals surface area contributed by atoms with Crippen LogP contribution in [0.3, 0.4) is 0 Å². The lowest BCUT2D eigenvalue weighted by atomic mass is 10.1. The first-order chi connectivity index (χ1) is 9.97. The van der Waals surface area contributed by atoms with E-state index in [2.05, 4.69) is 16.0 Å². The number of para-hydroxylation sites is 1. The summed E-state index contributed by atoms with van der Waals surface area (Å²) in [7, 11) is 0. The number of anilines is 1. The minimum Gasteiger partial charge on any atom is -0.465 e. The summed E-state index contributed by atoms with van der Waals surface area (Å²) in [5.74, 6) is -0.820. The Kier molecular flexibility index (Phi) is 4.42. The van der Waals surface area contributed by atoms with Crippen LogP contribution in [0.15, 0.2) is 24.3 Å². The number of fused-ring (bicyclic) bond motifs is 1. The van der Waals surface area contributed by atoms with Crippen molar-refractivity contribution in [3.63, 3.8) is 0 Å². The second-order valence-corrected chi connectivity index (χ2v) is 4.92. The average molecular weight is 291 g/mol. The molecule has 0 aromatic heterocycles. The quantitative estimate of drug-likeness (QED) is 0.658. The molecule has 21 heavy (non-hydrogen) atoms. The summed E-state index contributed by atoms with van der Waals surface area (Å²) < 4.78 is 0. The number of carbonyl (C=O) groups is 3. The average Bonchev–Trinajstić information content (AvgIpc) is 2.58. The first-order valence-corrected chi connectivity index (χ1v) is 6.66. The molecular weight excluding hydrogens is 274 g/mol. The predicted molar refractivity (Wildman–Crippen MR) is 75.9 cm³/mol. The van der Waals surface area contributed by atoms with E-state index in [1.165, 1.54) is 6.92 Å². The molecule has 0 saturated heterocycles. The van der Waals surface area contributed by atoms with E-state index in [4.69, 9.17) is 5.11 Å². The highest BCUT2D eigenvalue weighted by atomic mass is 16.4. The van der Waals surface area contributed by atoms with Gasteiger partial charge in [-0.25, -0.2) is 4.79 Å². The first-order valence-electron chi connectivity index (χ1n) is 6.66. The third-order valence-electron chi connectivity index (χ3n) is 3.34. The van der Waals surface area contributed by atoms with Crippen LogP contribution in [0.25, 0.3) is 0 Å². The molecule has 4 N–H and O–H groups in total. The van der Waals surface area contributed by atoms with Crippen molar-refractivity contribution in [1.29, 1.82) is 0 Å². The highest BCUT2D eigenvalue weighted by Crippen LogP contribution is 2.21. The number of aryl methyl sites for hydroxylation is 1. The largest absolute Gasteiger partial charge is 0.465 e. The summed E-state index contributed by atoms with van der Waals surface area (Å²) in [6, 6.07) is 5.86. The van der Waals surface area contributed by atoms with Gasteiger partial charge in [-0.15, -0.1) is 0 Å². The topological polar surface area (TPSA) is 108 Å². The monoisotopic (exact) mass is 291 g/mol. The molecule has 1 aliphatic heterocycles. The lowest BCUT2D eigenvalue weighted by Crippen LogP contribution is -2.51. The number of carbonyl (C=O) groups excluding carboxylic acids is 2. The van der Waals surface area contributed by atoms with Gasteiger partial charge < -0.3 is 21.1 Å². The molecule has 3 amide bonds. The molecular formula is C14H17N3O4. The maximum atomic E-state index is 12.1. The standard InChI is InChI=1S/C14H17N3O4/c1-8(15-14(20)21)12(18)17-11-7-6-9-4-2-3-5-10(9)16-13(11)19/h2-5,8,11,15H,6-7H2,1H3,(H,16,19)(H,17,18)(H,20,21)/t8-,11?/m0/s1. The summed E-state index contributed by atoms with van der Waals surface area (Å²) in [5, 5.41) is 16.0. The summed E-state index contributed by atoms with van der Waals surface area (Å²) in [5.41, 5.74) is 1.76. The number of hydrogen-bond acceptors (Lipinski definition) is 3. The van der Waals surface area contributed by atoms with Crippen LogP contribution in [0.5, 0.6) is 0 Å². The highest BCUT2D eigenvalue weighted by molar-refractivity contribution is 5.99. The van der Waals surface area contributed by atoms with Crippen molar-refractivity contribution in [2.45, 2.75) is 31.8 Å². The number of carboxylic acid groups (broad SMARTS) is 1. The van der Waals surface area contributed by atoms with Crippen LogP contribution in [0, 0.1) is 0 Å². The van der Waals surface area contributed by atoms with E-state index in [-0.39, 0.29) is 5.91 Å². The van der Waals surface area contributed by atoms with Crippen LogP contribution in [0.2, 0.25) is 0 Å². The molecule has 2 atom stereocenters. The third kappa shape index (κ3) is 3.71. The van der Waals surface area contributed by atoms with Crippen molar-refractivity contribution in [2.75, 3.05) is 5.32 Å². The first kappa shape index (κ1) is 14.8. The zero-order chi connectivity index (χ0) is 15.4. The van der Waals surface area contributed by atoms with E-state index in [0.717, 1.165) is 11.3 Å². The molecule has 2 rings (SSSR count). The molecule has 1 aliphatic rings. The maximum absolute atomic E-state index is 12.1. The van der Waals surface area contributed by atoms with Crippen LogP contribution >= 0.6 is 0 Å². The number of amides is 3. The van der Waals surface area contributed by atoms with Gasteiger partial charge in [-0.2, -0.15) is 0 Å². The Balaban J connectivity index is 2.01. The fourth-order valence-electron chi connectivity index (χ4n) is 2.20. The number of rotatable bonds is 3. The van der Waals surface area contributed by atoms with E-state index >= 15 is 0 Å². The van der Waals surface area contributed by atoms with E-state index in [0.29, 0.717) is 12.8 Å². The van der Waals surface area contributed by atoms with Crippen molar-refractivity contribution in [3.8, 4) is 0 Å². The summed E-state index contributed by atoms with van der Waals surface area (Å²) >= 11 is 0. The molecule has 1 unspecified atom stereocenters. The summed E-state index contributed by atoms with van der Waals surface area (Å²) in [6.07, 6.45) is -0.162. The minimum absolute atomic E-state index is 0.296. The Labute approximate surface area is 121 Å². The van der Waals surface area contributed by atoms with Gasteiger partial charge in [0.05, 0.1) is 0 Å². The van der Waals surface area contributed by atoms with Crippen molar-refractivity contribution in [2.24, 2.45) is 0 Å². The molecule has 7 nitrogen and oxygen atoms in total. The lowest BCUT2D eigenvalue weighted by molar-refractivity contribution is -0.127. The Morgan fingerprint density at radius 2 is 2.10 bits per heavy atom. The summed E-state index contributed by atoms with van der Waals surface area (Å²) in [6.45, 7) is 1.42. The van der Waals surface area contributed by atoms with E-state index < -0.39 is 24.1 Å². The Morgan fingerprint density at radius 1 is 1.38 bits per heavy atom. The molecule has 112 valence electrons. The van der Waals surface area contributed by atoms with Gasteiger partial charge in [-0.3, -0.25) is 9.59 Å². The maximum Gasteiger partial charge on any atom is 0.405 e. The Morgan fingerprint density at radius 3 is 2.81 bits per heavy atom. The van der Waals surface area contributed by atoms with E-state index in [9.17, 15) is 14.4 Å². The van der Waals surface area contributed by atoms with E-state index in [1.807, 2.05) is 24.3 Å². The molecule has 0 bridgehead atoms. The zero-order valence-corrected chi connectivity index (χ0v) is 11.6. The zero-order valence-electron chi connectivity index (χ0n) is 11.6. The Bertz CT molecular complexity index is 573. The molecule has 0 saturated carbocycles. The second-order valence-electron chi connectivity index (χ2n) is 4.92. The van der Waals surface area contributed by atoms with Gasteiger partial charge in [0.1, 0.15) is 12.1 Å². The van der Waals surface area contributed by atoms with Crippen LogP contribution in [0.1, 0.15) is 18.9 Å². The van der Waals surface area contributed by atoms with Gasteiger partial charge >= 0.3 is 6.09 Å². The molecule has 1 heterocycles. The SMILES string of the molecule is C[C@H](NC(=O)O)C(=O)NC1CCc2ccccc2NC1=O. The number of hydrogen-bond donors (Lipinski definition) is 4. The van der Waals surface area contributed by atoms with Gasteiger partial charge in [0.2, 0.25) is 11.8 Å². The highest BCUT2D eigenvalue weighted by Gasteiger charge is 2.26. The lowest BCUT2D eigenvalue weighted by Gasteiger charge is -2.18. The fraction of sp³-hybridized carbons (Fsp3) is 0.357. The predicted octanol–water partition coefficient (Wildman–Crippen LogP) is 0.712. The van der Waals surface area contributed by atoms with Crippen molar-refractivity contribution in [1.82, 2.24) is 10.6 Å². The third-order valence-corrected chi connectivity index (χ3v) is 3.34. The molecule has 0 spiro atoms. The van der Waals surface area contributed by atoms with Crippen LogP contribution in [-0.4, -0.2) is 35.1 Å². The van der Waals surface area contributed by atoms with Crippen molar-refractivity contribution in [3.05, 3.63) is 29.8 Å².